The summed E-state index contributed by atoms with van der Waals surface area (Å²) in [7, 11) is 0. The molecule has 4 aromatic rings. The fraction of sp³-hybridized carbons (Fsp3) is 0.500. The third-order valence-corrected chi connectivity index (χ3v) is 12.5. The zero-order valence-corrected chi connectivity index (χ0v) is 46.0. The Morgan fingerprint density at radius 1 is 0.361 bits per heavy atom. The van der Waals surface area contributed by atoms with Crippen molar-refractivity contribution in [2.75, 3.05) is 0 Å². The van der Waals surface area contributed by atoms with Crippen molar-refractivity contribution in [1.29, 1.82) is 0 Å². The predicted octanol–water partition coefficient (Wildman–Crippen LogP) is 12.5. The van der Waals surface area contributed by atoms with Crippen molar-refractivity contribution in [3.63, 3.8) is 0 Å². The quantitative estimate of drug-likeness (QED) is 0.0692. The van der Waals surface area contributed by atoms with Gasteiger partial charge in [-0.15, -0.1) is 0 Å². The minimum absolute atomic E-state index is 0.102. The van der Waals surface area contributed by atoms with Gasteiger partial charge in [-0.05, 0) is 114 Å². The number of benzene rings is 4. The van der Waals surface area contributed by atoms with Crippen molar-refractivity contribution in [3.05, 3.63) is 121 Å². The van der Waals surface area contributed by atoms with Gasteiger partial charge in [0.2, 0.25) is 0 Å². The highest BCUT2D eigenvalue weighted by atomic mass is 16.6. The van der Waals surface area contributed by atoms with Gasteiger partial charge in [0.15, 0.2) is 0 Å². The van der Waals surface area contributed by atoms with Crippen LogP contribution >= 0.6 is 0 Å². The van der Waals surface area contributed by atoms with Crippen molar-refractivity contribution in [3.8, 4) is 17.2 Å². The highest BCUT2D eigenvalue weighted by molar-refractivity contribution is 6.14. The average Bonchev–Trinajstić information content (AvgIpc) is 3.22. The van der Waals surface area contributed by atoms with Gasteiger partial charge in [-0.25, -0.2) is 14.4 Å². The van der Waals surface area contributed by atoms with E-state index in [2.05, 4.69) is 0 Å². The molecule has 12 nitrogen and oxygen atoms in total. The number of carbonyl (C=O) groups excluding carboxylic acids is 6. The monoisotopic (exact) mass is 991 g/mol. The van der Waals surface area contributed by atoms with Gasteiger partial charge in [0.25, 0.3) is 0 Å². The first-order valence-corrected chi connectivity index (χ1v) is 24.7. The van der Waals surface area contributed by atoms with Crippen molar-refractivity contribution in [2.45, 2.75) is 196 Å². The van der Waals surface area contributed by atoms with E-state index in [1.165, 1.54) is 6.07 Å². The largest absolute Gasteiger partial charge is 0.507 e. The zero-order chi connectivity index (χ0) is 54.9. The van der Waals surface area contributed by atoms with Crippen LogP contribution in [0.4, 0.5) is 0 Å². The summed E-state index contributed by atoms with van der Waals surface area (Å²) in [6.07, 6.45) is -0.512. The van der Waals surface area contributed by atoms with Crippen LogP contribution in [0.1, 0.15) is 225 Å². The summed E-state index contributed by atoms with van der Waals surface area (Å²) in [5, 5.41) is 33.6. The molecule has 0 unspecified atom stereocenters. The molecule has 4 aromatic carbocycles. The zero-order valence-electron chi connectivity index (χ0n) is 46.0. The smallest absolute Gasteiger partial charge is 0.347 e. The van der Waals surface area contributed by atoms with Crippen LogP contribution < -0.4 is 0 Å². The topological polar surface area (TPSA) is 191 Å². The first-order valence-electron chi connectivity index (χ1n) is 24.7. The lowest BCUT2D eigenvalue weighted by Gasteiger charge is -2.28. The molecular formula is C60H78O12. The molecule has 72 heavy (non-hydrogen) atoms. The van der Waals surface area contributed by atoms with Gasteiger partial charge in [-0.3, -0.25) is 14.4 Å². The summed E-state index contributed by atoms with van der Waals surface area (Å²) < 4.78 is 15.8. The van der Waals surface area contributed by atoms with Gasteiger partial charge in [0.1, 0.15) is 17.2 Å². The Kier molecular flexibility index (Phi) is 17.3. The Balaban J connectivity index is 1.66. The minimum atomic E-state index is -1.42. The molecule has 0 aliphatic carbocycles. The predicted molar refractivity (Wildman–Crippen MR) is 279 cm³/mol. The van der Waals surface area contributed by atoms with Crippen LogP contribution in [0.15, 0.2) is 54.6 Å². The lowest BCUT2D eigenvalue weighted by molar-refractivity contribution is -0.139. The molecule has 0 amide bonds. The third-order valence-electron chi connectivity index (χ3n) is 12.5. The summed E-state index contributed by atoms with van der Waals surface area (Å²) in [4.78, 5) is 82.2. The van der Waals surface area contributed by atoms with Gasteiger partial charge in [-0.2, -0.15) is 0 Å². The number of rotatable bonds is 12. The Labute approximate surface area is 426 Å². The molecule has 0 saturated carbocycles. The van der Waals surface area contributed by atoms with E-state index < -0.39 is 85.0 Å². The van der Waals surface area contributed by atoms with E-state index in [0.717, 1.165) is 23.3 Å². The molecular weight excluding hydrogens is 913 g/mol. The maximum absolute atomic E-state index is 14.1. The van der Waals surface area contributed by atoms with Gasteiger partial charge >= 0.3 is 35.8 Å². The molecule has 0 aliphatic rings. The van der Waals surface area contributed by atoms with Crippen molar-refractivity contribution in [2.24, 2.45) is 0 Å². The Bertz CT molecular complexity index is 2510. The first kappa shape index (κ1) is 58.3. The van der Waals surface area contributed by atoms with Crippen LogP contribution in [-0.4, -0.2) is 51.1 Å². The Hall–Kier alpha value is -6.30. The van der Waals surface area contributed by atoms with Crippen LogP contribution in [0.2, 0.25) is 0 Å². The third kappa shape index (κ3) is 14.7. The Morgan fingerprint density at radius 3 is 0.778 bits per heavy atom. The first-order chi connectivity index (χ1) is 32.7. The second-order valence-electron chi connectivity index (χ2n) is 25.1. The molecule has 0 fully saturated rings. The van der Waals surface area contributed by atoms with E-state index in [4.69, 9.17) is 14.2 Å². The van der Waals surface area contributed by atoms with Crippen molar-refractivity contribution < 1.29 is 58.3 Å². The molecule has 0 bridgehead atoms. The molecule has 12 heteroatoms. The number of ether oxygens (including phenoxy) is 3. The molecule has 0 radical (unpaired) electrons. The number of aromatic hydroxyl groups is 3. The highest BCUT2D eigenvalue weighted by Crippen LogP contribution is 2.43. The van der Waals surface area contributed by atoms with E-state index in [0.29, 0.717) is 38.9 Å². The molecule has 0 atom stereocenters. The minimum Gasteiger partial charge on any atom is -0.507 e. The number of carbonyl (C=O) groups is 6. The van der Waals surface area contributed by atoms with Crippen LogP contribution in [0.25, 0.3) is 0 Å². The van der Waals surface area contributed by atoms with E-state index >= 15 is 0 Å². The van der Waals surface area contributed by atoms with Crippen LogP contribution in [0.5, 0.6) is 17.2 Å². The maximum Gasteiger partial charge on any atom is 0.347 e. The number of phenols is 3. The van der Waals surface area contributed by atoms with Crippen molar-refractivity contribution >= 4 is 35.8 Å². The molecule has 0 saturated heterocycles. The summed E-state index contributed by atoms with van der Waals surface area (Å²) in [6.45, 7) is 35.3. The van der Waals surface area contributed by atoms with E-state index in [1.807, 2.05) is 149 Å². The standard InChI is InChI=1S/C60H78O12/c1-55(2,3)39-28-34(29-40(49(39)64)56(4,5)6)22-25-45(61)70-52(67)37-20-19-21-38(53(68)71-46(62)26-23-35-30-41(57(7,8)9)50(65)42(31-35)58(10,11)12)48(37)54(69)72-47(63)27-24-36-32-43(59(13,14)15)51(66)44(33-36)60(16,17)18/h19-21,28-33,64-66H,22-27H2,1-18H3. The summed E-state index contributed by atoms with van der Waals surface area (Å²) in [5.41, 5.74) is 1.67. The second kappa shape index (κ2) is 21.4. The summed E-state index contributed by atoms with van der Waals surface area (Å²) in [6, 6.07) is 14.3. The fourth-order valence-electron chi connectivity index (χ4n) is 8.42. The summed E-state index contributed by atoms with van der Waals surface area (Å²) in [5.74, 6) is -6.49. The number of esters is 6. The van der Waals surface area contributed by atoms with E-state index in [-0.39, 0.29) is 55.8 Å². The molecule has 390 valence electrons. The van der Waals surface area contributed by atoms with Crippen molar-refractivity contribution in [1.82, 2.24) is 0 Å². The number of hydrogen-bond donors (Lipinski definition) is 3. The van der Waals surface area contributed by atoms with E-state index in [1.54, 1.807) is 12.1 Å². The molecule has 4 rings (SSSR count). The van der Waals surface area contributed by atoms with Crippen LogP contribution in [-0.2, 0) is 80.3 Å². The lowest BCUT2D eigenvalue weighted by atomic mass is 9.78. The molecule has 0 aromatic heterocycles. The lowest BCUT2D eigenvalue weighted by Crippen LogP contribution is -2.24. The highest BCUT2D eigenvalue weighted by Gasteiger charge is 2.33. The Morgan fingerprint density at radius 2 is 0.569 bits per heavy atom. The summed E-state index contributed by atoms with van der Waals surface area (Å²) >= 11 is 0. The van der Waals surface area contributed by atoms with Gasteiger partial charge in [0.05, 0.1) is 36.0 Å². The van der Waals surface area contributed by atoms with Gasteiger partial charge in [0, 0.05) is 0 Å². The SMILES string of the molecule is CC(C)(C)c1cc(CCC(=O)OC(=O)c2cccc(C(=O)OC(=O)CCc3cc(C(C)(C)C)c(O)c(C(C)(C)C)c3)c2C(=O)OC(=O)CCc2cc(C(C)(C)C)c(O)c(C(C)(C)C)c2)cc(C(C)(C)C)c1O. The average molecular weight is 991 g/mol. The number of aryl methyl sites for hydroxylation is 3. The maximum atomic E-state index is 14.1. The molecule has 0 spiro atoms. The van der Waals surface area contributed by atoms with Gasteiger partial charge in [-0.1, -0.05) is 167 Å². The van der Waals surface area contributed by atoms with E-state index in [9.17, 15) is 44.1 Å². The molecule has 3 N–H and O–H groups in total. The molecule has 0 heterocycles. The number of hydrogen-bond acceptors (Lipinski definition) is 12. The second-order valence-corrected chi connectivity index (χ2v) is 25.1. The van der Waals surface area contributed by atoms with Crippen LogP contribution in [0, 0.1) is 0 Å². The molecule has 0 aliphatic heterocycles. The van der Waals surface area contributed by atoms with Crippen LogP contribution in [0.3, 0.4) is 0 Å². The normalized spacial score (nSPS) is 12.6. The number of phenolic OH excluding ortho intramolecular Hbond substituents is 3. The fourth-order valence-corrected chi connectivity index (χ4v) is 8.42. The van der Waals surface area contributed by atoms with Gasteiger partial charge < -0.3 is 29.5 Å².